The Morgan fingerprint density at radius 2 is 1.96 bits per heavy atom. The SMILES string of the molecule is COCC1Cc2c(CCC(C)C)ccc(C3(C)OCCCO3)c2O1.N. The fourth-order valence-electron chi connectivity index (χ4n) is 3.57. The van der Waals surface area contributed by atoms with E-state index < -0.39 is 5.79 Å². The van der Waals surface area contributed by atoms with Crippen molar-refractivity contribution in [2.45, 2.75) is 58.3 Å². The summed E-state index contributed by atoms with van der Waals surface area (Å²) in [4.78, 5) is 0. The van der Waals surface area contributed by atoms with Crippen molar-refractivity contribution < 1.29 is 18.9 Å². The van der Waals surface area contributed by atoms with E-state index in [-0.39, 0.29) is 12.3 Å². The fraction of sp³-hybridized carbons (Fsp3) is 0.700. The van der Waals surface area contributed by atoms with Gasteiger partial charge < -0.3 is 25.1 Å². The predicted molar refractivity (Wildman–Crippen MR) is 98.5 cm³/mol. The average molecular weight is 351 g/mol. The number of methoxy groups -OCH3 is 1. The fourth-order valence-corrected chi connectivity index (χ4v) is 3.57. The van der Waals surface area contributed by atoms with Crippen LogP contribution in [0.1, 0.15) is 50.3 Å². The zero-order chi connectivity index (χ0) is 17.2. The first-order valence-corrected chi connectivity index (χ1v) is 9.12. The number of rotatable bonds is 6. The Morgan fingerprint density at radius 1 is 1.24 bits per heavy atom. The van der Waals surface area contributed by atoms with Gasteiger partial charge in [-0.25, -0.2) is 0 Å². The molecular formula is C20H33NO4. The molecule has 2 heterocycles. The average Bonchev–Trinajstić information content (AvgIpc) is 2.97. The van der Waals surface area contributed by atoms with E-state index in [4.69, 9.17) is 18.9 Å². The van der Waals surface area contributed by atoms with Crippen molar-refractivity contribution in [2.24, 2.45) is 5.92 Å². The third-order valence-electron chi connectivity index (χ3n) is 4.95. The predicted octanol–water partition coefficient (Wildman–Crippen LogP) is 4.00. The van der Waals surface area contributed by atoms with E-state index in [1.165, 1.54) is 17.5 Å². The summed E-state index contributed by atoms with van der Waals surface area (Å²) >= 11 is 0. The second-order valence-electron chi connectivity index (χ2n) is 7.41. The van der Waals surface area contributed by atoms with Crippen LogP contribution in [0.4, 0.5) is 0 Å². The van der Waals surface area contributed by atoms with Gasteiger partial charge in [0.1, 0.15) is 11.9 Å². The molecule has 0 aromatic heterocycles. The minimum atomic E-state index is -0.707. The van der Waals surface area contributed by atoms with E-state index >= 15 is 0 Å². The van der Waals surface area contributed by atoms with Gasteiger partial charge in [-0.1, -0.05) is 19.9 Å². The van der Waals surface area contributed by atoms with Gasteiger partial charge in [0.2, 0.25) is 0 Å². The lowest BCUT2D eigenvalue weighted by Gasteiger charge is -2.35. The van der Waals surface area contributed by atoms with Gasteiger partial charge in [-0.15, -0.1) is 0 Å². The highest BCUT2D eigenvalue weighted by Crippen LogP contribution is 2.43. The van der Waals surface area contributed by atoms with Crippen LogP contribution in [0.5, 0.6) is 5.75 Å². The van der Waals surface area contributed by atoms with Crippen LogP contribution in [0.2, 0.25) is 0 Å². The summed E-state index contributed by atoms with van der Waals surface area (Å²) in [6.07, 6.45) is 4.20. The maximum Gasteiger partial charge on any atom is 0.195 e. The molecule has 0 amide bonds. The first-order valence-electron chi connectivity index (χ1n) is 9.12. The van der Waals surface area contributed by atoms with Crippen LogP contribution in [-0.4, -0.2) is 33.0 Å². The summed E-state index contributed by atoms with van der Waals surface area (Å²) in [5, 5.41) is 0. The molecule has 1 atom stereocenters. The Kier molecular flexibility index (Phi) is 6.86. The summed E-state index contributed by atoms with van der Waals surface area (Å²) in [5.41, 5.74) is 3.72. The lowest BCUT2D eigenvalue weighted by molar-refractivity contribution is -0.265. The van der Waals surface area contributed by atoms with Crippen LogP contribution >= 0.6 is 0 Å². The zero-order valence-electron chi connectivity index (χ0n) is 16.1. The minimum Gasteiger partial charge on any atom is -0.487 e. The molecule has 0 aliphatic carbocycles. The van der Waals surface area contributed by atoms with E-state index in [0.29, 0.717) is 12.5 Å². The molecule has 142 valence electrons. The number of benzene rings is 1. The van der Waals surface area contributed by atoms with Gasteiger partial charge >= 0.3 is 0 Å². The van der Waals surface area contributed by atoms with Crippen molar-refractivity contribution in [3.8, 4) is 5.75 Å². The van der Waals surface area contributed by atoms with Gasteiger partial charge in [0.15, 0.2) is 5.79 Å². The molecule has 3 rings (SSSR count). The highest BCUT2D eigenvalue weighted by atomic mass is 16.7. The largest absolute Gasteiger partial charge is 0.487 e. The Bertz CT molecular complexity index is 567. The van der Waals surface area contributed by atoms with Gasteiger partial charge in [-0.05, 0) is 43.7 Å². The number of hydrogen-bond acceptors (Lipinski definition) is 5. The van der Waals surface area contributed by atoms with E-state index in [1.807, 2.05) is 6.92 Å². The molecule has 25 heavy (non-hydrogen) atoms. The molecule has 1 unspecified atom stereocenters. The highest BCUT2D eigenvalue weighted by molar-refractivity contribution is 5.51. The standard InChI is InChI=1S/C20H30O4.H3N/c1-14(2)6-7-15-8-9-18(20(3)22-10-5-11-23-20)19-17(15)12-16(24-19)13-21-4;/h8-9,14,16H,5-7,10-13H2,1-4H3;1H3. The van der Waals surface area contributed by atoms with Crippen molar-refractivity contribution in [2.75, 3.05) is 26.9 Å². The Morgan fingerprint density at radius 3 is 2.60 bits per heavy atom. The van der Waals surface area contributed by atoms with Gasteiger partial charge in [-0.3, -0.25) is 0 Å². The number of aryl methyl sites for hydroxylation is 1. The summed E-state index contributed by atoms with van der Waals surface area (Å²) in [6.45, 7) is 8.59. The molecule has 0 radical (unpaired) electrons. The molecule has 1 aromatic rings. The molecule has 0 bridgehead atoms. The van der Waals surface area contributed by atoms with Crippen LogP contribution in [0.3, 0.4) is 0 Å². The van der Waals surface area contributed by atoms with Crippen LogP contribution in [0, 0.1) is 5.92 Å². The van der Waals surface area contributed by atoms with Crippen molar-refractivity contribution in [3.05, 3.63) is 28.8 Å². The number of ether oxygens (including phenoxy) is 4. The van der Waals surface area contributed by atoms with Crippen molar-refractivity contribution in [1.29, 1.82) is 0 Å². The molecule has 1 saturated heterocycles. The third kappa shape index (κ3) is 4.34. The molecular weight excluding hydrogens is 318 g/mol. The van der Waals surface area contributed by atoms with Crippen LogP contribution in [0.25, 0.3) is 0 Å². The zero-order valence-corrected chi connectivity index (χ0v) is 16.1. The normalized spacial score (nSPS) is 21.6. The second kappa shape index (κ2) is 8.49. The summed E-state index contributed by atoms with van der Waals surface area (Å²) in [7, 11) is 1.72. The van der Waals surface area contributed by atoms with Crippen LogP contribution in [0.15, 0.2) is 12.1 Å². The molecule has 5 nitrogen and oxygen atoms in total. The summed E-state index contributed by atoms with van der Waals surface area (Å²) in [6, 6.07) is 4.37. The molecule has 0 saturated carbocycles. The van der Waals surface area contributed by atoms with Crippen molar-refractivity contribution in [1.82, 2.24) is 6.15 Å². The first kappa shape index (κ1) is 20.2. The first-order chi connectivity index (χ1) is 11.5. The summed E-state index contributed by atoms with van der Waals surface area (Å²) < 4.78 is 23.5. The van der Waals surface area contributed by atoms with Gasteiger partial charge in [0.05, 0.1) is 25.4 Å². The third-order valence-corrected chi connectivity index (χ3v) is 4.95. The molecule has 2 aliphatic rings. The smallest absolute Gasteiger partial charge is 0.195 e. The van der Waals surface area contributed by atoms with Crippen LogP contribution < -0.4 is 10.9 Å². The van der Waals surface area contributed by atoms with E-state index in [9.17, 15) is 0 Å². The summed E-state index contributed by atoms with van der Waals surface area (Å²) in [5.74, 6) is 0.948. The van der Waals surface area contributed by atoms with E-state index in [1.54, 1.807) is 7.11 Å². The highest BCUT2D eigenvalue weighted by Gasteiger charge is 2.38. The maximum absolute atomic E-state index is 6.26. The Balaban J connectivity index is 0.00000225. The van der Waals surface area contributed by atoms with Crippen molar-refractivity contribution >= 4 is 0 Å². The lowest BCUT2D eigenvalue weighted by atomic mass is 9.92. The van der Waals surface area contributed by atoms with Gasteiger partial charge in [0.25, 0.3) is 0 Å². The van der Waals surface area contributed by atoms with Crippen LogP contribution in [-0.2, 0) is 32.8 Å². The molecule has 5 heteroatoms. The van der Waals surface area contributed by atoms with E-state index in [2.05, 4.69) is 26.0 Å². The molecule has 3 N–H and O–H groups in total. The van der Waals surface area contributed by atoms with Gasteiger partial charge in [-0.2, -0.15) is 0 Å². The minimum absolute atomic E-state index is 0. The maximum atomic E-state index is 6.26. The van der Waals surface area contributed by atoms with E-state index in [0.717, 1.165) is 43.8 Å². The number of fused-ring (bicyclic) bond motifs is 1. The quantitative estimate of drug-likeness (QED) is 0.839. The molecule has 1 aromatic carbocycles. The lowest BCUT2D eigenvalue weighted by Crippen LogP contribution is -2.35. The molecule has 0 spiro atoms. The molecule has 2 aliphatic heterocycles. The van der Waals surface area contributed by atoms with Crippen molar-refractivity contribution in [3.63, 3.8) is 0 Å². The van der Waals surface area contributed by atoms with Gasteiger partial charge in [0, 0.05) is 19.1 Å². The topological polar surface area (TPSA) is 71.9 Å². The second-order valence-corrected chi connectivity index (χ2v) is 7.41. The monoisotopic (exact) mass is 351 g/mol. The Hall–Kier alpha value is -1.14. The number of hydrogen-bond donors (Lipinski definition) is 1. The Labute approximate surface area is 151 Å². The molecule has 1 fully saturated rings.